The lowest BCUT2D eigenvalue weighted by molar-refractivity contribution is 0.413. The zero-order valence-electron chi connectivity index (χ0n) is 9.66. The van der Waals surface area contributed by atoms with Crippen LogP contribution in [0, 0.1) is 13.8 Å². The summed E-state index contributed by atoms with van der Waals surface area (Å²) in [4.78, 5) is 0. The molecular weight excluding hydrogens is 202 g/mol. The molecule has 0 amide bonds. The van der Waals surface area contributed by atoms with E-state index in [1.165, 1.54) is 5.56 Å². The zero-order chi connectivity index (χ0) is 11.7. The first-order valence-electron chi connectivity index (χ1n) is 5.09. The maximum atomic E-state index is 5.59. The molecule has 2 aromatic rings. The van der Waals surface area contributed by atoms with Crippen molar-refractivity contribution in [2.45, 2.75) is 13.8 Å². The van der Waals surface area contributed by atoms with Crippen LogP contribution in [-0.2, 0) is 0 Å². The first-order chi connectivity index (χ1) is 7.63. The maximum absolute atomic E-state index is 5.59. The van der Waals surface area contributed by atoms with Gasteiger partial charge in [-0.2, -0.15) is 5.10 Å². The molecule has 0 bridgehead atoms. The molecule has 4 heteroatoms. The summed E-state index contributed by atoms with van der Waals surface area (Å²) in [5, 5.41) is 6.81. The molecule has 1 aromatic carbocycles. The highest BCUT2D eigenvalue weighted by molar-refractivity contribution is 5.71. The van der Waals surface area contributed by atoms with E-state index in [1.807, 2.05) is 13.0 Å². The Labute approximate surface area is 94.4 Å². The first-order valence-corrected chi connectivity index (χ1v) is 5.09. The number of H-pyrrole nitrogens is 1. The van der Waals surface area contributed by atoms with Gasteiger partial charge < -0.3 is 10.5 Å². The SMILES string of the molecule is COc1c(-c2cc(N)n[nH]2)ccc(C)c1C. The second-order valence-corrected chi connectivity index (χ2v) is 3.79. The lowest BCUT2D eigenvalue weighted by Crippen LogP contribution is -1.93. The van der Waals surface area contributed by atoms with Crippen LogP contribution in [0.1, 0.15) is 11.1 Å². The lowest BCUT2D eigenvalue weighted by Gasteiger charge is -2.11. The van der Waals surface area contributed by atoms with E-state index in [1.54, 1.807) is 13.2 Å². The molecule has 0 radical (unpaired) electrons. The Morgan fingerprint density at radius 2 is 2.06 bits per heavy atom. The molecule has 1 heterocycles. The Hall–Kier alpha value is -1.97. The first kappa shape index (κ1) is 10.5. The molecule has 0 spiro atoms. The van der Waals surface area contributed by atoms with Crippen LogP contribution in [0.4, 0.5) is 5.82 Å². The molecule has 1 aromatic heterocycles. The van der Waals surface area contributed by atoms with Crippen LogP contribution in [0.2, 0.25) is 0 Å². The molecule has 0 fully saturated rings. The third kappa shape index (κ3) is 1.62. The number of rotatable bonds is 2. The van der Waals surface area contributed by atoms with Crippen LogP contribution in [0.5, 0.6) is 5.75 Å². The van der Waals surface area contributed by atoms with Gasteiger partial charge in [0.05, 0.1) is 12.8 Å². The molecule has 0 atom stereocenters. The van der Waals surface area contributed by atoms with Crippen LogP contribution < -0.4 is 10.5 Å². The molecule has 4 nitrogen and oxygen atoms in total. The van der Waals surface area contributed by atoms with Crippen molar-refractivity contribution in [3.63, 3.8) is 0 Å². The molecule has 0 saturated heterocycles. The Kier molecular flexibility index (Phi) is 2.56. The average Bonchev–Trinajstić information content (AvgIpc) is 2.68. The summed E-state index contributed by atoms with van der Waals surface area (Å²) in [5.41, 5.74) is 9.78. The van der Waals surface area contributed by atoms with Gasteiger partial charge in [-0.05, 0) is 31.0 Å². The predicted molar refractivity (Wildman–Crippen MR) is 64.5 cm³/mol. The van der Waals surface area contributed by atoms with Gasteiger partial charge in [0.2, 0.25) is 0 Å². The van der Waals surface area contributed by atoms with Gasteiger partial charge in [-0.25, -0.2) is 0 Å². The van der Waals surface area contributed by atoms with Gasteiger partial charge in [0, 0.05) is 11.6 Å². The van der Waals surface area contributed by atoms with Crippen molar-refractivity contribution >= 4 is 5.82 Å². The van der Waals surface area contributed by atoms with E-state index in [0.717, 1.165) is 22.6 Å². The minimum absolute atomic E-state index is 0.482. The van der Waals surface area contributed by atoms with Crippen LogP contribution in [0.3, 0.4) is 0 Å². The minimum Gasteiger partial charge on any atom is -0.496 e. The minimum atomic E-state index is 0.482. The van der Waals surface area contributed by atoms with Crippen molar-refractivity contribution < 1.29 is 4.74 Å². The molecule has 3 N–H and O–H groups in total. The maximum Gasteiger partial charge on any atom is 0.145 e. The molecule has 16 heavy (non-hydrogen) atoms. The van der Waals surface area contributed by atoms with Crippen LogP contribution in [0.25, 0.3) is 11.3 Å². The van der Waals surface area contributed by atoms with E-state index >= 15 is 0 Å². The Morgan fingerprint density at radius 3 is 2.62 bits per heavy atom. The van der Waals surface area contributed by atoms with Crippen molar-refractivity contribution in [2.75, 3.05) is 12.8 Å². The largest absolute Gasteiger partial charge is 0.496 e. The second-order valence-electron chi connectivity index (χ2n) is 3.79. The van der Waals surface area contributed by atoms with E-state index in [2.05, 4.69) is 23.2 Å². The summed E-state index contributed by atoms with van der Waals surface area (Å²) in [6.07, 6.45) is 0. The van der Waals surface area contributed by atoms with Crippen molar-refractivity contribution in [1.29, 1.82) is 0 Å². The van der Waals surface area contributed by atoms with Crippen molar-refractivity contribution in [2.24, 2.45) is 0 Å². The molecule has 0 unspecified atom stereocenters. The molecule has 0 saturated carbocycles. The van der Waals surface area contributed by atoms with Gasteiger partial charge in [-0.1, -0.05) is 6.07 Å². The number of nitrogens with zero attached hydrogens (tertiary/aromatic N) is 1. The van der Waals surface area contributed by atoms with E-state index in [0.29, 0.717) is 5.82 Å². The fourth-order valence-corrected chi connectivity index (χ4v) is 1.74. The summed E-state index contributed by atoms with van der Waals surface area (Å²) >= 11 is 0. The van der Waals surface area contributed by atoms with Crippen molar-refractivity contribution in [3.8, 4) is 17.0 Å². The smallest absolute Gasteiger partial charge is 0.145 e. The van der Waals surface area contributed by atoms with Crippen LogP contribution >= 0.6 is 0 Å². The van der Waals surface area contributed by atoms with Gasteiger partial charge in [0.1, 0.15) is 11.6 Å². The topological polar surface area (TPSA) is 63.9 Å². The molecule has 0 aliphatic carbocycles. The molecule has 2 rings (SSSR count). The van der Waals surface area contributed by atoms with Crippen molar-refractivity contribution in [3.05, 3.63) is 29.3 Å². The number of nitrogens with two attached hydrogens (primary N) is 1. The fraction of sp³-hybridized carbons (Fsp3) is 0.250. The standard InChI is InChI=1S/C12H15N3O/c1-7-4-5-9(12(16-3)8(7)2)10-6-11(13)15-14-10/h4-6H,1-3H3,(H3,13,14,15). The third-order valence-electron chi connectivity index (χ3n) is 2.77. The Morgan fingerprint density at radius 1 is 1.31 bits per heavy atom. The normalized spacial score (nSPS) is 10.4. The lowest BCUT2D eigenvalue weighted by atomic mass is 10.0. The summed E-state index contributed by atoms with van der Waals surface area (Å²) in [6, 6.07) is 5.87. The van der Waals surface area contributed by atoms with Gasteiger partial charge in [0.25, 0.3) is 0 Å². The molecule has 0 aliphatic heterocycles. The number of hydrogen-bond donors (Lipinski definition) is 2. The van der Waals surface area contributed by atoms with E-state index in [4.69, 9.17) is 10.5 Å². The Bertz CT molecular complexity index is 517. The number of benzene rings is 1. The number of nitrogen functional groups attached to an aromatic ring is 1. The zero-order valence-corrected chi connectivity index (χ0v) is 9.66. The summed E-state index contributed by atoms with van der Waals surface area (Å²) in [6.45, 7) is 4.10. The van der Waals surface area contributed by atoms with Crippen molar-refractivity contribution in [1.82, 2.24) is 10.2 Å². The Balaban J connectivity index is 2.61. The van der Waals surface area contributed by atoms with E-state index in [9.17, 15) is 0 Å². The summed E-state index contributed by atoms with van der Waals surface area (Å²) in [7, 11) is 1.67. The monoisotopic (exact) mass is 217 g/mol. The highest BCUT2D eigenvalue weighted by Gasteiger charge is 2.11. The van der Waals surface area contributed by atoms with Gasteiger partial charge in [0.15, 0.2) is 0 Å². The van der Waals surface area contributed by atoms with Crippen LogP contribution in [-0.4, -0.2) is 17.3 Å². The molecule has 84 valence electrons. The molecular formula is C12H15N3O. The quantitative estimate of drug-likeness (QED) is 0.811. The van der Waals surface area contributed by atoms with Gasteiger partial charge >= 0.3 is 0 Å². The summed E-state index contributed by atoms with van der Waals surface area (Å²) in [5.74, 6) is 1.35. The number of anilines is 1. The number of hydrogen-bond acceptors (Lipinski definition) is 3. The number of aromatic nitrogens is 2. The number of nitrogens with one attached hydrogen (secondary N) is 1. The average molecular weight is 217 g/mol. The van der Waals surface area contributed by atoms with Crippen LogP contribution in [0.15, 0.2) is 18.2 Å². The molecule has 0 aliphatic rings. The third-order valence-corrected chi connectivity index (χ3v) is 2.77. The second kappa shape index (κ2) is 3.89. The van der Waals surface area contributed by atoms with E-state index < -0.39 is 0 Å². The number of aryl methyl sites for hydroxylation is 1. The number of aromatic amines is 1. The number of ether oxygens (including phenoxy) is 1. The fourth-order valence-electron chi connectivity index (χ4n) is 1.74. The number of methoxy groups -OCH3 is 1. The highest BCUT2D eigenvalue weighted by atomic mass is 16.5. The highest BCUT2D eigenvalue weighted by Crippen LogP contribution is 2.33. The summed E-state index contributed by atoms with van der Waals surface area (Å²) < 4.78 is 5.43. The van der Waals surface area contributed by atoms with Gasteiger partial charge in [-0.15, -0.1) is 0 Å². The predicted octanol–water partition coefficient (Wildman–Crippen LogP) is 2.28. The van der Waals surface area contributed by atoms with Gasteiger partial charge in [-0.3, -0.25) is 5.10 Å². The van der Waals surface area contributed by atoms with E-state index in [-0.39, 0.29) is 0 Å².